The summed E-state index contributed by atoms with van der Waals surface area (Å²) in [5, 5.41) is 9.73. The number of nitrogens with zero attached hydrogens (tertiary/aromatic N) is 1. The third kappa shape index (κ3) is 3.26. The Morgan fingerprint density at radius 3 is 2.85 bits per heavy atom. The zero-order valence-corrected chi connectivity index (χ0v) is 12.9. The van der Waals surface area contributed by atoms with Crippen LogP contribution in [0.4, 0.5) is 0 Å². The third-order valence-electron chi connectivity index (χ3n) is 4.58. The van der Waals surface area contributed by atoms with Crippen LogP contribution in [0.2, 0.25) is 0 Å². The van der Waals surface area contributed by atoms with E-state index in [1.54, 1.807) is 13.2 Å². The first kappa shape index (κ1) is 15.2. The molecule has 1 saturated heterocycles. The molecule has 1 aromatic rings. The van der Waals surface area contributed by atoms with Gasteiger partial charge in [0.05, 0.1) is 7.11 Å². The number of aromatic hydroxyl groups is 1. The van der Waals surface area contributed by atoms with Gasteiger partial charge < -0.3 is 9.84 Å². The van der Waals surface area contributed by atoms with Crippen molar-refractivity contribution in [3.63, 3.8) is 0 Å². The van der Waals surface area contributed by atoms with Gasteiger partial charge in [-0.05, 0) is 50.4 Å². The fraction of sp³-hybridized carbons (Fsp3) is 0.647. The summed E-state index contributed by atoms with van der Waals surface area (Å²) in [7, 11) is 1.60. The summed E-state index contributed by atoms with van der Waals surface area (Å²) in [5.74, 6) is 0.781. The number of hydrogen-bond donors (Lipinski definition) is 1. The maximum absolute atomic E-state index is 9.73. The first-order chi connectivity index (χ1) is 9.67. The van der Waals surface area contributed by atoms with E-state index in [-0.39, 0.29) is 5.75 Å². The van der Waals surface area contributed by atoms with Gasteiger partial charge in [-0.25, -0.2) is 0 Å². The molecular weight excluding hydrogens is 250 g/mol. The average molecular weight is 277 g/mol. The van der Waals surface area contributed by atoms with Gasteiger partial charge in [-0.15, -0.1) is 0 Å². The zero-order valence-electron chi connectivity index (χ0n) is 12.9. The molecule has 112 valence electrons. The predicted octanol–water partition coefficient (Wildman–Crippen LogP) is 4.12. The minimum atomic E-state index is 0.214. The highest BCUT2D eigenvalue weighted by Gasteiger charge is 2.25. The Labute approximate surface area is 122 Å². The van der Waals surface area contributed by atoms with Crippen molar-refractivity contribution in [1.82, 2.24) is 4.90 Å². The van der Waals surface area contributed by atoms with Gasteiger partial charge in [0.1, 0.15) is 0 Å². The second-order valence-corrected chi connectivity index (χ2v) is 5.76. The number of likely N-dealkylation sites (tertiary alicyclic amines) is 1. The maximum Gasteiger partial charge on any atom is 0.160 e. The zero-order chi connectivity index (χ0) is 14.5. The van der Waals surface area contributed by atoms with Crippen LogP contribution >= 0.6 is 0 Å². The van der Waals surface area contributed by atoms with Crippen molar-refractivity contribution in [2.75, 3.05) is 13.7 Å². The molecule has 0 aliphatic carbocycles. The van der Waals surface area contributed by atoms with Crippen molar-refractivity contribution in [2.45, 2.75) is 58.0 Å². The van der Waals surface area contributed by atoms with Gasteiger partial charge in [0.15, 0.2) is 11.5 Å². The lowest BCUT2D eigenvalue weighted by molar-refractivity contribution is 0.142. The van der Waals surface area contributed by atoms with Crippen LogP contribution in [-0.4, -0.2) is 29.7 Å². The van der Waals surface area contributed by atoms with Crippen molar-refractivity contribution in [1.29, 1.82) is 0 Å². The molecule has 2 unspecified atom stereocenters. The molecule has 1 heterocycles. The average Bonchev–Trinajstić information content (AvgIpc) is 2.72. The molecule has 0 saturated carbocycles. The van der Waals surface area contributed by atoms with E-state index in [0.717, 1.165) is 0 Å². The summed E-state index contributed by atoms with van der Waals surface area (Å²) in [6.45, 7) is 5.72. The Morgan fingerprint density at radius 2 is 2.15 bits per heavy atom. The molecule has 0 aromatic heterocycles. The molecule has 2 atom stereocenters. The summed E-state index contributed by atoms with van der Waals surface area (Å²) in [6, 6.07) is 6.76. The number of methoxy groups -OCH3 is 1. The minimum absolute atomic E-state index is 0.214. The lowest BCUT2D eigenvalue weighted by Gasteiger charge is -2.35. The molecule has 0 amide bonds. The highest BCUT2D eigenvalue weighted by Crippen LogP contribution is 2.33. The van der Waals surface area contributed by atoms with Gasteiger partial charge >= 0.3 is 0 Å². The molecule has 0 spiro atoms. The van der Waals surface area contributed by atoms with Crippen LogP contribution in [0.25, 0.3) is 0 Å². The smallest absolute Gasteiger partial charge is 0.160 e. The van der Waals surface area contributed by atoms with E-state index < -0.39 is 0 Å². The van der Waals surface area contributed by atoms with Crippen LogP contribution in [0.1, 0.15) is 57.6 Å². The van der Waals surface area contributed by atoms with E-state index in [9.17, 15) is 5.11 Å². The molecule has 2 rings (SSSR count). The van der Waals surface area contributed by atoms with Gasteiger partial charge in [0.25, 0.3) is 0 Å². The largest absolute Gasteiger partial charge is 0.504 e. The standard InChI is InChI=1S/C17H27NO2/c1-4-15-8-6-5-7-11-18(15)13(2)14-9-10-16(19)17(12-14)20-3/h9-10,12-13,15,19H,4-8,11H2,1-3H3. The number of phenolic OH excluding ortho intramolecular Hbond substituents is 1. The molecule has 1 aliphatic rings. The molecule has 20 heavy (non-hydrogen) atoms. The fourth-order valence-corrected chi connectivity index (χ4v) is 3.29. The lowest BCUT2D eigenvalue weighted by atomic mass is 10.0. The SMILES string of the molecule is CCC1CCCCCN1C(C)c1ccc(O)c(OC)c1. The van der Waals surface area contributed by atoms with Crippen molar-refractivity contribution in [2.24, 2.45) is 0 Å². The third-order valence-corrected chi connectivity index (χ3v) is 4.58. The second kappa shape index (κ2) is 6.98. The molecule has 1 N–H and O–H groups in total. The summed E-state index contributed by atoms with van der Waals surface area (Å²) < 4.78 is 5.23. The van der Waals surface area contributed by atoms with E-state index in [4.69, 9.17) is 4.74 Å². The van der Waals surface area contributed by atoms with Gasteiger partial charge in [-0.2, -0.15) is 0 Å². The molecular formula is C17H27NO2. The maximum atomic E-state index is 9.73. The monoisotopic (exact) mass is 277 g/mol. The van der Waals surface area contributed by atoms with Crippen LogP contribution in [0.3, 0.4) is 0 Å². The quantitative estimate of drug-likeness (QED) is 0.898. The van der Waals surface area contributed by atoms with Crippen molar-refractivity contribution >= 4 is 0 Å². The topological polar surface area (TPSA) is 32.7 Å². The Kier molecular flexibility index (Phi) is 5.30. The van der Waals surface area contributed by atoms with E-state index in [2.05, 4.69) is 18.7 Å². The van der Waals surface area contributed by atoms with Crippen molar-refractivity contribution in [3.8, 4) is 11.5 Å². The molecule has 0 radical (unpaired) electrons. The van der Waals surface area contributed by atoms with Crippen LogP contribution in [0, 0.1) is 0 Å². The number of phenols is 1. The van der Waals surface area contributed by atoms with Crippen molar-refractivity contribution < 1.29 is 9.84 Å². The number of benzene rings is 1. The normalized spacial score (nSPS) is 22.2. The first-order valence-electron chi connectivity index (χ1n) is 7.80. The van der Waals surface area contributed by atoms with Gasteiger partial charge in [-0.3, -0.25) is 4.90 Å². The van der Waals surface area contributed by atoms with Gasteiger partial charge in [0.2, 0.25) is 0 Å². The molecule has 3 nitrogen and oxygen atoms in total. The summed E-state index contributed by atoms with van der Waals surface area (Å²) in [6.07, 6.45) is 6.49. The Hall–Kier alpha value is -1.22. The molecule has 1 fully saturated rings. The second-order valence-electron chi connectivity index (χ2n) is 5.76. The van der Waals surface area contributed by atoms with E-state index >= 15 is 0 Å². The van der Waals surface area contributed by atoms with Crippen LogP contribution in [-0.2, 0) is 0 Å². The van der Waals surface area contributed by atoms with Gasteiger partial charge in [0, 0.05) is 12.1 Å². The highest BCUT2D eigenvalue weighted by atomic mass is 16.5. The van der Waals surface area contributed by atoms with E-state index in [1.807, 2.05) is 12.1 Å². The fourth-order valence-electron chi connectivity index (χ4n) is 3.29. The predicted molar refractivity (Wildman–Crippen MR) is 82.3 cm³/mol. The number of hydrogen-bond acceptors (Lipinski definition) is 3. The molecule has 0 bridgehead atoms. The summed E-state index contributed by atoms with van der Waals surface area (Å²) in [5.41, 5.74) is 1.22. The van der Waals surface area contributed by atoms with Crippen LogP contribution in [0.15, 0.2) is 18.2 Å². The van der Waals surface area contributed by atoms with Crippen LogP contribution in [0.5, 0.6) is 11.5 Å². The minimum Gasteiger partial charge on any atom is -0.504 e. The van der Waals surface area contributed by atoms with Crippen LogP contribution < -0.4 is 4.74 Å². The Morgan fingerprint density at radius 1 is 1.35 bits per heavy atom. The highest BCUT2D eigenvalue weighted by molar-refractivity contribution is 5.42. The summed E-state index contributed by atoms with van der Waals surface area (Å²) in [4.78, 5) is 2.62. The Balaban J connectivity index is 2.21. The lowest BCUT2D eigenvalue weighted by Crippen LogP contribution is -2.36. The number of ether oxygens (including phenoxy) is 1. The number of rotatable bonds is 4. The molecule has 1 aromatic carbocycles. The van der Waals surface area contributed by atoms with E-state index in [0.29, 0.717) is 17.8 Å². The molecule has 3 heteroatoms. The summed E-state index contributed by atoms with van der Waals surface area (Å²) >= 11 is 0. The van der Waals surface area contributed by atoms with Crippen molar-refractivity contribution in [3.05, 3.63) is 23.8 Å². The molecule has 1 aliphatic heterocycles. The Bertz CT molecular complexity index is 433. The first-order valence-corrected chi connectivity index (χ1v) is 7.80. The van der Waals surface area contributed by atoms with Gasteiger partial charge in [-0.1, -0.05) is 25.8 Å². The van der Waals surface area contributed by atoms with E-state index in [1.165, 1.54) is 44.2 Å².